The second-order valence-corrected chi connectivity index (χ2v) is 6.42. The number of anilines is 1. The lowest BCUT2D eigenvalue weighted by molar-refractivity contribution is 0.598. The van der Waals surface area contributed by atoms with E-state index in [4.69, 9.17) is 5.73 Å². The highest BCUT2D eigenvalue weighted by molar-refractivity contribution is 8.00. The fourth-order valence-corrected chi connectivity index (χ4v) is 3.71. The molecule has 0 unspecified atom stereocenters. The van der Waals surface area contributed by atoms with Crippen LogP contribution in [-0.2, 0) is 9.84 Å². The third-order valence-corrected chi connectivity index (χ3v) is 4.71. The Balaban J connectivity index is 3.05. The Morgan fingerprint density at radius 3 is 2.60 bits per heavy atom. The van der Waals surface area contributed by atoms with Crippen LogP contribution in [0.25, 0.3) is 0 Å². The Hall–Kier alpha value is -0.680. The summed E-state index contributed by atoms with van der Waals surface area (Å²) in [7, 11) is -3.22. The number of sulfone groups is 1. The predicted octanol–water partition coefficient (Wildman–Crippen LogP) is 1.71. The quantitative estimate of drug-likeness (QED) is 0.820. The van der Waals surface area contributed by atoms with Crippen molar-refractivity contribution in [2.24, 2.45) is 0 Å². The molecule has 0 saturated carbocycles. The molecule has 3 nitrogen and oxygen atoms in total. The van der Waals surface area contributed by atoms with Gasteiger partial charge in [0.2, 0.25) is 0 Å². The van der Waals surface area contributed by atoms with E-state index in [0.29, 0.717) is 11.4 Å². The first-order valence-corrected chi connectivity index (χ1v) is 7.60. The summed E-state index contributed by atoms with van der Waals surface area (Å²) in [5, 5.41) is 0. The Bertz CT molecular complexity index is 441. The summed E-state index contributed by atoms with van der Waals surface area (Å²) in [6.45, 7) is 1.88. The van der Waals surface area contributed by atoms with Gasteiger partial charge in [0.1, 0.15) is 0 Å². The molecule has 1 rings (SSSR count). The molecule has 0 amide bonds. The van der Waals surface area contributed by atoms with Crippen LogP contribution in [0.1, 0.15) is 5.56 Å². The second-order valence-electron chi connectivity index (χ2n) is 3.35. The minimum Gasteiger partial charge on any atom is -0.398 e. The van der Waals surface area contributed by atoms with Gasteiger partial charge >= 0.3 is 0 Å². The lowest BCUT2D eigenvalue weighted by Gasteiger charge is -2.07. The Kier molecular flexibility index (Phi) is 4.04. The Morgan fingerprint density at radius 2 is 2.07 bits per heavy atom. The molecule has 1 aromatic rings. The van der Waals surface area contributed by atoms with E-state index in [2.05, 4.69) is 0 Å². The van der Waals surface area contributed by atoms with Crippen LogP contribution in [0.2, 0.25) is 0 Å². The number of thioether (sulfide) groups is 1. The summed E-state index contributed by atoms with van der Waals surface area (Å²) in [5.41, 5.74) is 7.01. The van der Waals surface area contributed by atoms with E-state index in [1.165, 1.54) is 11.8 Å². The number of hydrogen-bond acceptors (Lipinski definition) is 4. The summed E-state index contributed by atoms with van der Waals surface area (Å²) in [4.78, 5) is 0.252. The van der Waals surface area contributed by atoms with Crippen molar-refractivity contribution in [3.05, 3.63) is 23.8 Å². The fraction of sp³-hybridized carbons (Fsp3) is 0.400. The third kappa shape index (κ3) is 3.14. The molecular weight excluding hydrogens is 230 g/mol. The zero-order valence-corrected chi connectivity index (χ0v) is 10.5. The van der Waals surface area contributed by atoms with Crippen LogP contribution in [0, 0.1) is 6.92 Å². The van der Waals surface area contributed by atoms with E-state index in [1.54, 1.807) is 18.2 Å². The summed E-state index contributed by atoms with van der Waals surface area (Å²) >= 11 is 1.51. The van der Waals surface area contributed by atoms with Gasteiger partial charge in [0.05, 0.1) is 16.3 Å². The van der Waals surface area contributed by atoms with Gasteiger partial charge in [-0.3, -0.25) is 0 Å². The highest BCUT2D eigenvalue weighted by atomic mass is 32.2. The highest BCUT2D eigenvalue weighted by Gasteiger charge is 2.16. The molecule has 0 heterocycles. The number of rotatable bonds is 4. The molecule has 2 N–H and O–H groups in total. The molecule has 0 aromatic heterocycles. The average Bonchev–Trinajstić information content (AvgIpc) is 2.14. The van der Waals surface area contributed by atoms with Crippen molar-refractivity contribution in [1.82, 2.24) is 0 Å². The van der Waals surface area contributed by atoms with E-state index >= 15 is 0 Å². The van der Waals surface area contributed by atoms with Gasteiger partial charge in [-0.05, 0) is 30.9 Å². The monoisotopic (exact) mass is 245 g/mol. The van der Waals surface area contributed by atoms with Crippen molar-refractivity contribution in [1.29, 1.82) is 0 Å². The van der Waals surface area contributed by atoms with Gasteiger partial charge in [0.15, 0.2) is 9.84 Å². The van der Waals surface area contributed by atoms with Crippen molar-refractivity contribution in [3.63, 3.8) is 0 Å². The minimum atomic E-state index is -3.22. The van der Waals surface area contributed by atoms with E-state index in [1.807, 2.05) is 13.2 Å². The molecule has 1 aromatic carbocycles. The first-order chi connectivity index (χ1) is 6.97. The number of nitrogen functional groups attached to an aromatic ring is 1. The zero-order valence-electron chi connectivity index (χ0n) is 8.86. The number of nitrogens with two attached hydrogens (primary N) is 1. The number of aryl methyl sites for hydroxylation is 1. The second kappa shape index (κ2) is 4.90. The van der Waals surface area contributed by atoms with Crippen molar-refractivity contribution in [3.8, 4) is 0 Å². The van der Waals surface area contributed by atoms with E-state index < -0.39 is 9.84 Å². The van der Waals surface area contributed by atoms with Crippen molar-refractivity contribution >= 4 is 27.3 Å². The normalized spacial score (nSPS) is 11.6. The van der Waals surface area contributed by atoms with Crippen LogP contribution in [0.3, 0.4) is 0 Å². The molecule has 0 atom stereocenters. The molecule has 0 fully saturated rings. The molecule has 0 radical (unpaired) electrons. The maximum absolute atomic E-state index is 11.8. The standard InChI is InChI=1S/C10H15NO2S2/c1-8-3-4-10(9(11)7-8)15(12,13)6-5-14-2/h3-4,7H,5-6,11H2,1-2H3. The van der Waals surface area contributed by atoms with Gasteiger partial charge in [-0.15, -0.1) is 0 Å². The number of benzene rings is 1. The van der Waals surface area contributed by atoms with Crippen molar-refractivity contribution in [2.45, 2.75) is 11.8 Å². The van der Waals surface area contributed by atoms with E-state index in [9.17, 15) is 8.42 Å². The third-order valence-electron chi connectivity index (χ3n) is 2.06. The average molecular weight is 245 g/mol. The summed E-state index contributed by atoms with van der Waals surface area (Å²) in [6.07, 6.45) is 1.88. The van der Waals surface area contributed by atoms with Crippen LogP contribution in [0.4, 0.5) is 5.69 Å². The molecule has 0 saturated heterocycles. The SMILES string of the molecule is CSCCS(=O)(=O)c1ccc(C)cc1N. The zero-order chi connectivity index (χ0) is 11.5. The molecule has 0 spiro atoms. The van der Waals surface area contributed by atoms with Crippen LogP contribution in [-0.4, -0.2) is 26.2 Å². The smallest absolute Gasteiger partial charge is 0.181 e. The van der Waals surface area contributed by atoms with Gasteiger partial charge in [-0.1, -0.05) is 6.07 Å². The van der Waals surface area contributed by atoms with Gasteiger partial charge in [-0.25, -0.2) is 8.42 Å². The molecule has 0 aliphatic rings. The van der Waals surface area contributed by atoms with Crippen molar-refractivity contribution in [2.75, 3.05) is 23.5 Å². The summed E-state index contributed by atoms with van der Waals surface area (Å²) in [5.74, 6) is 0.733. The first kappa shape index (κ1) is 12.4. The maximum atomic E-state index is 11.8. The largest absolute Gasteiger partial charge is 0.398 e. The van der Waals surface area contributed by atoms with Crippen LogP contribution >= 0.6 is 11.8 Å². The van der Waals surface area contributed by atoms with Gasteiger partial charge < -0.3 is 5.73 Å². The molecule has 15 heavy (non-hydrogen) atoms. The first-order valence-electron chi connectivity index (χ1n) is 4.55. The molecular formula is C10H15NO2S2. The van der Waals surface area contributed by atoms with Gasteiger partial charge in [0.25, 0.3) is 0 Å². The van der Waals surface area contributed by atoms with Crippen molar-refractivity contribution < 1.29 is 8.42 Å². The lowest BCUT2D eigenvalue weighted by Crippen LogP contribution is -2.11. The molecule has 0 aliphatic heterocycles. The molecule has 5 heteroatoms. The topological polar surface area (TPSA) is 60.2 Å². The predicted molar refractivity (Wildman–Crippen MR) is 66.0 cm³/mol. The van der Waals surface area contributed by atoms with E-state index in [-0.39, 0.29) is 10.6 Å². The minimum absolute atomic E-state index is 0.140. The molecule has 0 aliphatic carbocycles. The summed E-state index contributed by atoms with van der Waals surface area (Å²) < 4.78 is 23.7. The maximum Gasteiger partial charge on any atom is 0.181 e. The highest BCUT2D eigenvalue weighted by Crippen LogP contribution is 2.21. The number of hydrogen-bond donors (Lipinski definition) is 1. The van der Waals surface area contributed by atoms with Crippen LogP contribution < -0.4 is 5.73 Å². The molecule has 84 valence electrons. The Morgan fingerprint density at radius 1 is 1.40 bits per heavy atom. The summed E-state index contributed by atoms with van der Waals surface area (Å²) in [6, 6.07) is 5.04. The van der Waals surface area contributed by atoms with E-state index in [0.717, 1.165) is 5.56 Å². The molecule has 0 bridgehead atoms. The van der Waals surface area contributed by atoms with Gasteiger partial charge in [-0.2, -0.15) is 11.8 Å². The van der Waals surface area contributed by atoms with Gasteiger partial charge in [0, 0.05) is 5.75 Å². The fourth-order valence-electron chi connectivity index (χ4n) is 1.25. The Labute approximate surface area is 95.0 Å². The van der Waals surface area contributed by atoms with Crippen LogP contribution in [0.15, 0.2) is 23.1 Å². The lowest BCUT2D eigenvalue weighted by atomic mass is 10.2. The van der Waals surface area contributed by atoms with Crippen LogP contribution in [0.5, 0.6) is 0 Å².